The maximum absolute atomic E-state index is 10.2. The van der Waals surface area contributed by atoms with Gasteiger partial charge in [-0.1, -0.05) is 12.1 Å². The third-order valence-corrected chi connectivity index (χ3v) is 3.64. The molecule has 2 aromatic rings. The Balaban J connectivity index is 2.22. The molecule has 1 heterocycles. The molecule has 0 radical (unpaired) electrons. The summed E-state index contributed by atoms with van der Waals surface area (Å²) in [5, 5.41) is 21.1. The predicted octanol–water partition coefficient (Wildman–Crippen LogP) is 1.69. The number of benzene rings is 1. The van der Waals surface area contributed by atoms with Crippen LogP contribution in [0.1, 0.15) is 27.7 Å². The normalized spacial score (nSPS) is 12.9. The minimum Gasteiger partial charge on any atom is -0.464 e. The zero-order valence-corrected chi connectivity index (χ0v) is 11.7. The Morgan fingerprint density at radius 2 is 1.84 bits per heavy atom. The summed E-state index contributed by atoms with van der Waals surface area (Å²) < 4.78 is 10.8. The molecular weight excluding hydrogens is 243 g/mol. The summed E-state index contributed by atoms with van der Waals surface area (Å²) in [6, 6.07) is 7.17. The van der Waals surface area contributed by atoms with Gasteiger partial charge >= 0.3 is 7.12 Å². The topological polar surface area (TPSA) is 62.8 Å². The van der Waals surface area contributed by atoms with Gasteiger partial charge in [0.2, 0.25) is 0 Å². The summed E-state index contributed by atoms with van der Waals surface area (Å²) in [5.41, 5.74) is -0.546. The molecule has 5 heteroatoms. The summed E-state index contributed by atoms with van der Waals surface area (Å²) in [4.78, 5) is 0. The van der Waals surface area contributed by atoms with E-state index in [2.05, 4.69) is 0 Å². The van der Waals surface area contributed by atoms with E-state index in [1.54, 1.807) is 46.1 Å². The Hall–Kier alpha value is -1.30. The molecule has 0 fully saturated rings. The van der Waals surface area contributed by atoms with Crippen molar-refractivity contribution in [3.05, 3.63) is 30.5 Å². The molecule has 102 valence electrons. The quantitative estimate of drug-likeness (QED) is 0.823. The molecule has 0 spiro atoms. The summed E-state index contributed by atoms with van der Waals surface area (Å²) in [6.45, 7) is 6.79. The van der Waals surface area contributed by atoms with E-state index in [0.29, 0.717) is 5.46 Å². The third kappa shape index (κ3) is 2.83. The highest BCUT2D eigenvalue weighted by atomic mass is 16.5. The fraction of sp³-hybridized carbons (Fsp3) is 0.429. The van der Waals surface area contributed by atoms with Gasteiger partial charge in [-0.15, -0.1) is 0 Å². The van der Waals surface area contributed by atoms with Crippen molar-refractivity contribution in [2.24, 2.45) is 0 Å². The van der Waals surface area contributed by atoms with Gasteiger partial charge in [-0.3, -0.25) is 0 Å². The standard InChI is InChI=1S/C14H19BO4/c1-13(2,16)14(3,4)19-15(17)11-5-6-12-10(9-11)7-8-18-12/h5-9,16-17H,1-4H3. The zero-order valence-electron chi connectivity index (χ0n) is 11.7. The van der Waals surface area contributed by atoms with Gasteiger partial charge < -0.3 is 19.2 Å². The van der Waals surface area contributed by atoms with Crippen molar-refractivity contribution < 1.29 is 19.2 Å². The van der Waals surface area contributed by atoms with E-state index < -0.39 is 18.3 Å². The van der Waals surface area contributed by atoms with Crippen LogP contribution >= 0.6 is 0 Å². The second-order valence-electron chi connectivity index (χ2n) is 5.76. The number of aliphatic hydroxyl groups is 1. The van der Waals surface area contributed by atoms with Crippen LogP contribution in [0.3, 0.4) is 0 Å². The first-order chi connectivity index (χ1) is 8.71. The lowest BCUT2D eigenvalue weighted by Gasteiger charge is -2.38. The first-order valence-corrected chi connectivity index (χ1v) is 6.26. The van der Waals surface area contributed by atoms with E-state index >= 15 is 0 Å². The molecule has 1 aromatic heterocycles. The van der Waals surface area contributed by atoms with Crippen molar-refractivity contribution in [3.8, 4) is 0 Å². The molecule has 0 saturated carbocycles. The molecular formula is C14H19BO4. The van der Waals surface area contributed by atoms with E-state index in [4.69, 9.17) is 9.07 Å². The average molecular weight is 262 g/mol. The van der Waals surface area contributed by atoms with E-state index in [1.807, 2.05) is 12.1 Å². The van der Waals surface area contributed by atoms with E-state index in [9.17, 15) is 10.1 Å². The summed E-state index contributed by atoms with van der Waals surface area (Å²) >= 11 is 0. The highest BCUT2D eigenvalue weighted by Gasteiger charge is 2.39. The van der Waals surface area contributed by atoms with Crippen LogP contribution in [0.15, 0.2) is 34.9 Å². The first kappa shape index (κ1) is 14.1. The lowest BCUT2D eigenvalue weighted by atomic mass is 9.76. The molecule has 0 amide bonds. The van der Waals surface area contributed by atoms with Crippen molar-refractivity contribution in [1.29, 1.82) is 0 Å². The lowest BCUT2D eigenvalue weighted by Crippen LogP contribution is -2.53. The van der Waals surface area contributed by atoms with Crippen LogP contribution in [-0.4, -0.2) is 28.5 Å². The molecule has 0 bridgehead atoms. The molecule has 2 N–H and O–H groups in total. The van der Waals surface area contributed by atoms with Gasteiger partial charge in [-0.05, 0) is 45.3 Å². The van der Waals surface area contributed by atoms with Gasteiger partial charge in [-0.25, -0.2) is 0 Å². The Bertz CT molecular complexity index is 568. The summed E-state index contributed by atoms with van der Waals surface area (Å²) in [7, 11) is -1.10. The highest BCUT2D eigenvalue weighted by Crippen LogP contribution is 2.25. The van der Waals surface area contributed by atoms with Crippen LogP contribution in [0.25, 0.3) is 11.0 Å². The summed E-state index contributed by atoms with van der Waals surface area (Å²) in [6.07, 6.45) is 1.60. The number of fused-ring (bicyclic) bond motifs is 1. The van der Waals surface area contributed by atoms with Gasteiger partial charge in [0, 0.05) is 5.39 Å². The van der Waals surface area contributed by atoms with E-state index in [1.165, 1.54) is 0 Å². The minimum absolute atomic E-state index is 0.631. The largest absolute Gasteiger partial charge is 0.491 e. The number of hydrogen-bond donors (Lipinski definition) is 2. The second kappa shape index (κ2) is 4.67. The maximum Gasteiger partial charge on any atom is 0.491 e. The SMILES string of the molecule is CC(C)(O)C(C)(C)OB(O)c1ccc2occc2c1. The third-order valence-electron chi connectivity index (χ3n) is 3.64. The van der Waals surface area contributed by atoms with Crippen molar-refractivity contribution in [2.75, 3.05) is 0 Å². The van der Waals surface area contributed by atoms with Crippen LogP contribution in [0, 0.1) is 0 Å². The van der Waals surface area contributed by atoms with Gasteiger partial charge in [0.05, 0.1) is 17.5 Å². The molecule has 0 unspecified atom stereocenters. The monoisotopic (exact) mass is 262 g/mol. The Morgan fingerprint density at radius 3 is 2.47 bits per heavy atom. The first-order valence-electron chi connectivity index (χ1n) is 6.26. The van der Waals surface area contributed by atoms with E-state index in [-0.39, 0.29) is 0 Å². The second-order valence-corrected chi connectivity index (χ2v) is 5.76. The van der Waals surface area contributed by atoms with Crippen LogP contribution in [0.5, 0.6) is 0 Å². The van der Waals surface area contributed by atoms with Crippen LogP contribution < -0.4 is 5.46 Å². The Kier molecular flexibility index (Phi) is 3.47. The minimum atomic E-state index is -1.10. The van der Waals surface area contributed by atoms with Crippen molar-refractivity contribution in [1.82, 2.24) is 0 Å². The van der Waals surface area contributed by atoms with Crippen molar-refractivity contribution >= 4 is 23.6 Å². The molecule has 0 aliphatic rings. The fourth-order valence-corrected chi connectivity index (χ4v) is 1.63. The summed E-state index contributed by atoms with van der Waals surface area (Å²) in [5.74, 6) is 0. The molecule has 0 aliphatic heterocycles. The number of rotatable bonds is 4. The highest BCUT2D eigenvalue weighted by molar-refractivity contribution is 6.60. The van der Waals surface area contributed by atoms with Gasteiger partial charge in [0.1, 0.15) is 5.58 Å². The molecule has 2 rings (SSSR count). The number of furan rings is 1. The maximum atomic E-state index is 10.2. The smallest absolute Gasteiger partial charge is 0.464 e. The zero-order chi connectivity index (χ0) is 14.3. The molecule has 4 nitrogen and oxygen atoms in total. The average Bonchev–Trinajstić information content (AvgIpc) is 2.73. The van der Waals surface area contributed by atoms with Gasteiger partial charge in [0.15, 0.2) is 0 Å². The molecule has 0 atom stereocenters. The van der Waals surface area contributed by atoms with Crippen LogP contribution in [-0.2, 0) is 4.65 Å². The van der Waals surface area contributed by atoms with Crippen LogP contribution in [0.2, 0.25) is 0 Å². The molecule has 0 saturated heterocycles. The van der Waals surface area contributed by atoms with Crippen molar-refractivity contribution in [2.45, 2.75) is 38.9 Å². The Labute approximate surface area is 113 Å². The number of hydrogen-bond acceptors (Lipinski definition) is 4. The molecule has 0 aliphatic carbocycles. The van der Waals surface area contributed by atoms with Crippen LogP contribution in [0.4, 0.5) is 0 Å². The fourth-order valence-electron chi connectivity index (χ4n) is 1.63. The Morgan fingerprint density at radius 1 is 1.16 bits per heavy atom. The molecule has 19 heavy (non-hydrogen) atoms. The van der Waals surface area contributed by atoms with Crippen molar-refractivity contribution in [3.63, 3.8) is 0 Å². The lowest BCUT2D eigenvalue weighted by molar-refractivity contribution is -0.0982. The predicted molar refractivity (Wildman–Crippen MR) is 75.3 cm³/mol. The molecule has 1 aromatic carbocycles. The van der Waals surface area contributed by atoms with Gasteiger partial charge in [-0.2, -0.15) is 0 Å². The van der Waals surface area contributed by atoms with E-state index in [0.717, 1.165) is 11.0 Å². The van der Waals surface area contributed by atoms with Gasteiger partial charge in [0.25, 0.3) is 0 Å².